The Morgan fingerprint density at radius 1 is 1.50 bits per heavy atom. The molecular weight excluding hydrogens is 176 g/mol. The third-order valence-electron chi connectivity index (χ3n) is 1.66. The quantitative estimate of drug-likeness (QED) is 0.700. The highest BCUT2D eigenvalue weighted by Gasteiger charge is 2.06. The Kier molecular flexibility index (Phi) is 2.81. The number of anilines is 1. The van der Waals surface area contributed by atoms with Gasteiger partial charge in [-0.2, -0.15) is 10.1 Å². The Labute approximate surface area is 76.6 Å². The van der Waals surface area contributed by atoms with Crippen molar-refractivity contribution in [1.82, 2.24) is 15.2 Å². The summed E-state index contributed by atoms with van der Waals surface area (Å²) in [7, 11) is 1.94. The van der Waals surface area contributed by atoms with E-state index in [9.17, 15) is 0 Å². The molecule has 66 valence electrons. The highest BCUT2D eigenvalue weighted by Crippen LogP contribution is 2.10. The van der Waals surface area contributed by atoms with Gasteiger partial charge in [0.05, 0.1) is 6.20 Å². The molecule has 0 aliphatic heterocycles. The van der Waals surface area contributed by atoms with Crippen LogP contribution in [0.3, 0.4) is 0 Å². The molecule has 1 aromatic heterocycles. The molecule has 0 radical (unpaired) electrons. The average molecular weight is 187 g/mol. The summed E-state index contributed by atoms with van der Waals surface area (Å²) in [5, 5.41) is 7.44. The van der Waals surface area contributed by atoms with Gasteiger partial charge in [0.1, 0.15) is 0 Å². The second kappa shape index (κ2) is 3.67. The van der Waals surface area contributed by atoms with Crippen molar-refractivity contribution in [2.75, 3.05) is 11.9 Å². The Hall–Kier alpha value is -0.900. The number of hydrogen-bond donors (Lipinski definition) is 0. The van der Waals surface area contributed by atoms with E-state index in [1.54, 1.807) is 6.20 Å². The number of hydrogen-bond acceptors (Lipinski definition) is 4. The summed E-state index contributed by atoms with van der Waals surface area (Å²) in [6, 6.07) is 0.373. The standard InChI is InChI=1S/C7H11ClN4/c1-5(2)12(3)6-4-9-11-7(8)10-6/h4-5H,1-3H3. The molecule has 1 heterocycles. The van der Waals surface area contributed by atoms with Crippen LogP contribution in [0.5, 0.6) is 0 Å². The van der Waals surface area contributed by atoms with Crippen molar-refractivity contribution in [1.29, 1.82) is 0 Å². The second-order valence-corrected chi connectivity index (χ2v) is 3.13. The summed E-state index contributed by atoms with van der Waals surface area (Å²) < 4.78 is 0. The molecular formula is C7H11ClN4. The molecule has 0 saturated heterocycles. The third kappa shape index (κ3) is 2.04. The van der Waals surface area contributed by atoms with Crippen molar-refractivity contribution >= 4 is 17.4 Å². The Balaban J connectivity index is 2.88. The number of halogens is 1. The van der Waals surface area contributed by atoms with Gasteiger partial charge >= 0.3 is 0 Å². The minimum atomic E-state index is 0.181. The molecule has 0 atom stereocenters. The highest BCUT2D eigenvalue weighted by atomic mass is 35.5. The van der Waals surface area contributed by atoms with E-state index in [0.29, 0.717) is 6.04 Å². The maximum absolute atomic E-state index is 5.58. The summed E-state index contributed by atoms with van der Waals surface area (Å²) in [5.74, 6) is 0.741. The van der Waals surface area contributed by atoms with Crippen LogP contribution in [0.1, 0.15) is 13.8 Å². The van der Waals surface area contributed by atoms with Crippen LogP contribution in [0.2, 0.25) is 5.28 Å². The molecule has 5 heteroatoms. The van der Waals surface area contributed by atoms with Crippen molar-refractivity contribution in [3.8, 4) is 0 Å². The van der Waals surface area contributed by atoms with Gasteiger partial charge in [0, 0.05) is 13.1 Å². The summed E-state index contributed by atoms with van der Waals surface area (Å²) in [6.07, 6.45) is 1.59. The average Bonchev–Trinajstić information content (AvgIpc) is 2.03. The van der Waals surface area contributed by atoms with Gasteiger partial charge in [0.25, 0.3) is 0 Å². The van der Waals surface area contributed by atoms with E-state index in [-0.39, 0.29) is 5.28 Å². The minimum absolute atomic E-state index is 0.181. The molecule has 0 aliphatic rings. The zero-order chi connectivity index (χ0) is 9.14. The molecule has 1 aromatic rings. The minimum Gasteiger partial charge on any atom is -0.356 e. The Bertz CT molecular complexity index is 263. The first-order chi connectivity index (χ1) is 5.61. The third-order valence-corrected chi connectivity index (χ3v) is 1.82. The molecule has 0 N–H and O–H groups in total. The van der Waals surface area contributed by atoms with Gasteiger partial charge in [-0.15, -0.1) is 5.10 Å². The first-order valence-electron chi connectivity index (χ1n) is 3.69. The molecule has 0 aromatic carbocycles. The number of rotatable bonds is 2. The van der Waals surface area contributed by atoms with Gasteiger partial charge in [0.15, 0.2) is 5.82 Å². The molecule has 1 rings (SSSR count). The van der Waals surface area contributed by atoms with Gasteiger partial charge in [0.2, 0.25) is 5.28 Å². The van der Waals surface area contributed by atoms with Gasteiger partial charge < -0.3 is 4.90 Å². The lowest BCUT2D eigenvalue weighted by molar-refractivity contribution is 0.735. The van der Waals surface area contributed by atoms with E-state index >= 15 is 0 Å². The topological polar surface area (TPSA) is 41.9 Å². The Morgan fingerprint density at radius 3 is 2.67 bits per heavy atom. The van der Waals surface area contributed by atoms with E-state index in [1.807, 2.05) is 11.9 Å². The van der Waals surface area contributed by atoms with Crippen molar-refractivity contribution in [2.45, 2.75) is 19.9 Å². The second-order valence-electron chi connectivity index (χ2n) is 2.79. The fourth-order valence-corrected chi connectivity index (χ4v) is 0.839. The van der Waals surface area contributed by atoms with E-state index in [0.717, 1.165) is 5.82 Å². The SMILES string of the molecule is CC(C)N(C)c1cnnc(Cl)n1. The number of aromatic nitrogens is 3. The number of nitrogens with zero attached hydrogens (tertiary/aromatic N) is 4. The Morgan fingerprint density at radius 2 is 2.17 bits per heavy atom. The zero-order valence-electron chi connectivity index (χ0n) is 7.32. The summed E-state index contributed by atoms with van der Waals surface area (Å²) in [5.41, 5.74) is 0. The van der Waals surface area contributed by atoms with Crippen LogP contribution in [0.15, 0.2) is 6.20 Å². The lowest BCUT2D eigenvalue weighted by Gasteiger charge is -2.21. The lowest BCUT2D eigenvalue weighted by Crippen LogP contribution is -2.26. The smallest absolute Gasteiger partial charge is 0.244 e. The largest absolute Gasteiger partial charge is 0.356 e. The van der Waals surface area contributed by atoms with Crippen molar-refractivity contribution in [3.63, 3.8) is 0 Å². The van der Waals surface area contributed by atoms with Gasteiger partial charge in [-0.1, -0.05) is 0 Å². The molecule has 4 nitrogen and oxygen atoms in total. The molecule has 0 spiro atoms. The maximum atomic E-state index is 5.58. The zero-order valence-corrected chi connectivity index (χ0v) is 8.08. The predicted molar refractivity (Wildman–Crippen MR) is 48.4 cm³/mol. The van der Waals surface area contributed by atoms with Crippen LogP contribution in [-0.4, -0.2) is 28.3 Å². The highest BCUT2D eigenvalue weighted by molar-refractivity contribution is 6.28. The molecule has 0 amide bonds. The van der Waals surface area contributed by atoms with Crippen LogP contribution in [-0.2, 0) is 0 Å². The van der Waals surface area contributed by atoms with E-state index in [1.165, 1.54) is 0 Å². The maximum Gasteiger partial charge on any atom is 0.244 e. The van der Waals surface area contributed by atoms with E-state index < -0.39 is 0 Å². The summed E-state index contributed by atoms with van der Waals surface area (Å²) in [4.78, 5) is 5.98. The molecule has 0 saturated carbocycles. The van der Waals surface area contributed by atoms with Crippen molar-refractivity contribution in [2.24, 2.45) is 0 Å². The molecule has 0 bridgehead atoms. The van der Waals surface area contributed by atoms with Gasteiger partial charge in [-0.3, -0.25) is 0 Å². The van der Waals surface area contributed by atoms with Crippen LogP contribution in [0.4, 0.5) is 5.82 Å². The first-order valence-corrected chi connectivity index (χ1v) is 4.07. The first kappa shape index (κ1) is 9.19. The van der Waals surface area contributed by atoms with E-state index in [2.05, 4.69) is 29.0 Å². The summed E-state index contributed by atoms with van der Waals surface area (Å²) in [6.45, 7) is 4.13. The fraction of sp³-hybridized carbons (Fsp3) is 0.571. The molecule has 0 aliphatic carbocycles. The fourth-order valence-electron chi connectivity index (χ4n) is 0.708. The monoisotopic (exact) mass is 186 g/mol. The lowest BCUT2D eigenvalue weighted by atomic mass is 10.3. The summed E-state index contributed by atoms with van der Waals surface area (Å²) >= 11 is 5.58. The van der Waals surface area contributed by atoms with Crippen LogP contribution in [0, 0.1) is 0 Å². The van der Waals surface area contributed by atoms with Gasteiger partial charge in [-0.25, -0.2) is 0 Å². The van der Waals surface area contributed by atoms with Crippen LogP contribution in [0.25, 0.3) is 0 Å². The molecule has 12 heavy (non-hydrogen) atoms. The van der Waals surface area contributed by atoms with Crippen molar-refractivity contribution < 1.29 is 0 Å². The van der Waals surface area contributed by atoms with Crippen LogP contribution < -0.4 is 4.90 Å². The predicted octanol–water partition coefficient (Wildman–Crippen LogP) is 1.37. The molecule has 0 unspecified atom stereocenters. The van der Waals surface area contributed by atoms with Gasteiger partial charge in [-0.05, 0) is 25.4 Å². The van der Waals surface area contributed by atoms with Crippen LogP contribution >= 0.6 is 11.6 Å². The van der Waals surface area contributed by atoms with E-state index in [4.69, 9.17) is 11.6 Å². The van der Waals surface area contributed by atoms with Crippen molar-refractivity contribution in [3.05, 3.63) is 11.5 Å². The normalized spacial score (nSPS) is 10.4. The molecule has 0 fully saturated rings.